The summed E-state index contributed by atoms with van der Waals surface area (Å²) in [6.45, 7) is 0. The first-order chi connectivity index (χ1) is 11.6. The van der Waals surface area contributed by atoms with Gasteiger partial charge in [-0.05, 0) is 19.3 Å². The van der Waals surface area contributed by atoms with E-state index in [1.807, 2.05) is 0 Å². The number of Topliss-reactive ketones (excluding diaryl/α,β-unsaturated/α-hetero) is 2. The molecule has 0 spiro atoms. The number of hydrogen-bond acceptors (Lipinski definition) is 5. The fourth-order valence-corrected chi connectivity index (χ4v) is 4.31. The van der Waals surface area contributed by atoms with Crippen LogP contribution in [0.4, 0.5) is 0 Å². The number of carbonyl (C=O) groups is 3. The van der Waals surface area contributed by atoms with Crippen LogP contribution < -0.4 is 0 Å². The van der Waals surface area contributed by atoms with Crippen molar-refractivity contribution in [3.05, 3.63) is 11.3 Å². The molecule has 0 bridgehead atoms. The Morgan fingerprint density at radius 2 is 1.58 bits per heavy atom. The minimum atomic E-state index is -0.331. The lowest BCUT2D eigenvalue weighted by Gasteiger charge is -2.17. The Morgan fingerprint density at radius 3 is 2.21 bits per heavy atom. The van der Waals surface area contributed by atoms with Crippen LogP contribution in [-0.4, -0.2) is 27.5 Å². The highest BCUT2D eigenvalue weighted by molar-refractivity contribution is 8.15. The van der Waals surface area contributed by atoms with Gasteiger partial charge in [0, 0.05) is 18.8 Å². The molecule has 1 heterocycles. The largest absolute Gasteiger partial charge is 0.511 e. The first-order valence-corrected chi connectivity index (χ1v) is 10.2. The van der Waals surface area contributed by atoms with Gasteiger partial charge >= 0.3 is 0 Å². The van der Waals surface area contributed by atoms with Gasteiger partial charge < -0.3 is 5.11 Å². The van der Waals surface area contributed by atoms with Crippen LogP contribution in [0.2, 0.25) is 0 Å². The molecule has 0 radical (unpaired) electrons. The third kappa shape index (κ3) is 5.76. The standard InChI is InChI=1S/C19H28O4S/c20-15-10-8-6-4-2-1-3-5-7-9-14(15)11-12-16(21)18-17(22)13-24-19(18)23/h14,21H,1-13H2/b18-16+. The summed E-state index contributed by atoms with van der Waals surface area (Å²) in [5.74, 6) is -0.0414. The monoisotopic (exact) mass is 352 g/mol. The number of hydrogen-bond donors (Lipinski definition) is 1. The normalized spacial score (nSPS) is 26.8. The zero-order valence-electron chi connectivity index (χ0n) is 14.3. The Morgan fingerprint density at radius 1 is 0.958 bits per heavy atom. The molecule has 1 aliphatic carbocycles. The lowest BCUT2D eigenvalue weighted by atomic mass is 9.88. The summed E-state index contributed by atoms with van der Waals surface area (Å²) in [5, 5.41) is 9.80. The summed E-state index contributed by atoms with van der Waals surface area (Å²) >= 11 is 0.946. The topological polar surface area (TPSA) is 71.4 Å². The molecule has 1 saturated carbocycles. The molecule has 1 saturated heterocycles. The Balaban J connectivity index is 1.93. The predicted octanol–water partition coefficient (Wildman–Crippen LogP) is 4.52. The molecule has 1 aliphatic heterocycles. The molecule has 1 atom stereocenters. The van der Waals surface area contributed by atoms with Crippen LogP contribution in [0.15, 0.2) is 11.3 Å². The van der Waals surface area contributed by atoms with Crippen molar-refractivity contribution in [2.24, 2.45) is 5.92 Å². The quantitative estimate of drug-likeness (QED) is 0.459. The number of aliphatic hydroxyl groups is 1. The van der Waals surface area contributed by atoms with E-state index < -0.39 is 0 Å². The van der Waals surface area contributed by atoms with Crippen LogP contribution in [0.5, 0.6) is 0 Å². The molecule has 1 N–H and O–H groups in total. The number of ketones is 2. The van der Waals surface area contributed by atoms with Gasteiger partial charge in [0.25, 0.3) is 0 Å². The van der Waals surface area contributed by atoms with Crippen molar-refractivity contribution in [2.75, 3.05) is 5.75 Å². The van der Waals surface area contributed by atoms with Gasteiger partial charge in [-0.25, -0.2) is 0 Å². The number of thioether (sulfide) groups is 1. The molecule has 0 aromatic heterocycles. The molecule has 5 heteroatoms. The molecule has 24 heavy (non-hydrogen) atoms. The zero-order valence-corrected chi connectivity index (χ0v) is 15.2. The minimum Gasteiger partial charge on any atom is -0.511 e. The SMILES string of the molecule is O=C1CSC(=O)/C1=C(/O)CCC1CCCCCCCCCCC1=O. The Kier molecular flexibility index (Phi) is 8.03. The highest BCUT2D eigenvalue weighted by Gasteiger charge is 2.31. The fourth-order valence-electron chi connectivity index (χ4n) is 3.53. The second-order valence-corrected chi connectivity index (χ2v) is 7.84. The average Bonchev–Trinajstić information content (AvgIpc) is 2.88. The molecule has 0 aromatic rings. The predicted molar refractivity (Wildman–Crippen MR) is 96.0 cm³/mol. The molecule has 2 rings (SSSR count). The van der Waals surface area contributed by atoms with Crippen molar-refractivity contribution in [2.45, 2.75) is 77.0 Å². The molecule has 0 amide bonds. The average molecular weight is 352 g/mol. The van der Waals surface area contributed by atoms with Gasteiger partial charge in [-0.15, -0.1) is 0 Å². The molecular formula is C19H28O4S. The van der Waals surface area contributed by atoms with E-state index in [4.69, 9.17) is 0 Å². The van der Waals surface area contributed by atoms with Crippen molar-refractivity contribution in [3.63, 3.8) is 0 Å². The fraction of sp³-hybridized carbons (Fsp3) is 0.737. The highest BCUT2D eigenvalue weighted by atomic mass is 32.2. The van der Waals surface area contributed by atoms with Crippen LogP contribution in [-0.2, 0) is 14.4 Å². The lowest BCUT2D eigenvalue weighted by molar-refractivity contribution is -0.123. The van der Waals surface area contributed by atoms with Gasteiger partial charge in [-0.2, -0.15) is 0 Å². The van der Waals surface area contributed by atoms with Crippen LogP contribution in [0.1, 0.15) is 77.0 Å². The molecule has 0 aromatic carbocycles. The van der Waals surface area contributed by atoms with Crippen molar-refractivity contribution < 1.29 is 19.5 Å². The smallest absolute Gasteiger partial charge is 0.226 e. The summed E-state index contributed by atoms with van der Waals surface area (Å²) in [5.41, 5.74) is -0.0411. The minimum absolute atomic E-state index is 0.0411. The summed E-state index contributed by atoms with van der Waals surface area (Å²) in [6, 6.07) is 0. The van der Waals surface area contributed by atoms with Gasteiger partial charge in [0.1, 0.15) is 17.1 Å². The molecule has 2 aliphatic rings. The third-order valence-electron chi connectivity index (χ3n) is 5.02. The van der Waals surface area contributed by atoms with Crippen molar-refractivity contribution in [3.8, 4) is 0 Å². The second-order valence-electron chi connectivity index (χ2n) is 6.89. The van der Waals surface area contributed by atoms with E-state index >= 15 is 0 Å². The molecule has 4 nitrogen and oxygen atoms in total. The Hall–Kier alpha value is -1.10. The number of rotatable bonds is 3. The van der Waals surface area contributed by atoms with Crippen LogP contribution in [0, 0.1) is 5.92 Å². The first kappa shape index (κ1) is 19.2. The second kappa shape index (κ2) is 10.0. The van der Waals surface area contributed by atoms with E-state index in [-0.39, 0.29) is 46.1 Å². The maximum absolute atomic E-state index is 12.5. The van der Waals surface area contributed by atoms with E-state index in [1.165, 1.54) is 25.7 Å². The summed E-state index contributed by atoms with van der Waals surface area (Å²) in [7, 11) is 0. The molecule has 134 valence electrons. The van der Waals surface area contributed by atoms with E-state index in [1.54, 1.807) is 0 Å². The Bertz CT molecular complexity index is 491. The van der Waals surface area contributed by atoms with E-state index in [2.05, 4.69) is 0 Å². The van der Waals surface area contributed by atoms with Gasteiger partial charge in [0.15, 0.2) is 5.78 Å². The lowest BCUT2D eigenvalue weighted by Crippen LogP contribution is -2.16. The number of allylic oxidation sites excluding steroid dienone is 1. The van der Waals surface area contributed by atoms with Gasteiger partial charge in [0.2, 0.25) is 5.12 Å². The number of aliphatic hydroxyl groups excluding tert-OH is 1. The molecular weight excluding hydrogens is 324 g/mol. The maximum atomic E-state index is 12.5. The van der Waals surface area contributed by atoms with Gasteiger partial charge in [-0.3, -0.25) is 14.4 Å². The maximum Gasteiger partial charge on any atom is 0.226 e. The molecule has 2 fully saturated rings. The van der Waals surface area contributed by atoms with Gasteiger partial charge in [-0.1, -0.05) is 56.7 Å². The van der Waals surface area contributed by atoms with Crippen molar-refractivity contribution in [1.29, 1.82) is 0 Å². The summed E-state index contributed by atoms with van der Waals surface area (Å²) < 4.78 is 0. The highest BCUT2D eigenvalue weighted by Crippen LogP contribution is 2.28. The number of carbonyl (C=O) groups excluding carboxylic acids is 3. The van der Waals surface area contributed by atoms with E-state index in [0.29, 0.717) is 12.8 Å². The molecule has 1 unspecified atom stereocenters. The first-order valence-electron chi connectivity index (χ1n) is 9.24. The van der Waals surface area contributed by atoms with Crippen LogP contribution in [0.25, 0.3) is 0 Å². The summed E-state index contributed by atoms with van der Waals surface area (Å²) in [6.07, 6.45) is 11.6. The van der Waals surface area contributed by atoms with Crippen molar-refractivity contribution in [1.82, 2.24) is 0 Å². The zero-order chi connectivity index (χ0) is 17.4. The van der Waals surface area contributed by atoms with Crippen LogP contribution >= 0.6 is 11.8 Å². The summed E-state index contributed by atoms with van der Waals surface area (Å²) in [4.78, 5) is 35.8. The Labute approximate surface area is 148 Å². The third-order valence-corrected chi connectivity index (χ3v) is 5.89. The van der Waals surface area contributed by atoms with E-state index in [0.717, 1.165) is 43.9 Å². The van der Waals surface area contributed by atoms with E-state index in [9.17, 15) is 19.5 Å². The van der Waals surface area contributed by atoms with Gasteiger partial charge in [0.05, 0.1) is 5.75 Å². The van der Waals surface area contributed by atoms with Crippen molar-refractivity contribution >= 4 is 28.4 Å². The van der Waals surface area contributed by atoms with Crippen LogP contribution in [0.3, 0.4) is 0 Å².